The van der Waals surface area contributed by atoms with E-state index in [0.29, 0.717) is 18.9 Å². The van der Waals surface area contributed by atoms with Crippen LogP contribution >= 0.6 is 11.6 Å². The monoisotopic (exact) mass is 311 g/mol. The number of nitrogens with zero attached hydrogens (tertiary/aromatic N) is 1. The van der Waals surface area contributed by atoms with Crippen molar-refractivity contribution in [2.45, 2.75) is 45.6 Å². The summed E-state index contributed by atoms with van der Waals surface area (Å²) in [7, 11) is 1.88. The third-order valence-electron chi connectivity index (χ3n) is 4.14. The minimum absolute atomic E-state index is 0.415. The zero-order chi connectivity index (χ0) is 15.8. The molecule has 3 nitrogen and oxygen atoms in total. The maximum Gasteiger partial charge on any atom is 0.320 e. The molecule has 1 aromatic carbocycles. The Morgan fingerprint density at radius 3 is 2.57 bits per heavy atom. The van der Waals surface area contributed by atoms with Crippen molar-refractivity contribution in [2.24, 2.45) is 5.92 Å². The van der Waals surface area contributed by atoms with Gasteiger partial charge < -0.3 is 5.11 Å². The second kappa shape index (κ2) is 9.06. The Bertz CT molecular complexity index is 450. The molecule has 0 aliphatic heterocycles. The first-order valence-corrected chi connectivity index (χ1v) is 8.00. The lowest BCUT2D eigenvalue weighted by Gasteiger charge is -2.25. The van der Waals surface area contributed by atoms with Crippen LogP contribution < -0.4 is 0 Å². The van der Waals surface area contributed by atoms with E-state index in [1.807, 2.05) is 36.2 Å². The number of halogens is 1. The van der Waals surface area contributed by atoms with Gasteiger partial charge >= 0.3 is 5.97 Å². The molecule has 0 spiro atoms. The molecule has 0 saturated carbocycles. The highest BCUT2D eigenvalue weighted by Crippen LogP contribution is 2.18. The van der Waals surface area contributed by atoms with E-state index in [1.54, 1.807) is 0 Å². The number of rotatable bonds is 9. The van der Waals surface area contributed by atoms with Crippen LogP contribution in [0.3, 0.4) is 0 Å². The topological polar surface area (TPSA) is 40.5 Å². The Balaban J connectivity index is 2.55. The first kappa shape index (κ1) is 18.0. The summed E-state index contributed by atoms with van der Waals surface area (Å²) in [5.41, 5.74) is 1.07. The van der Waals surface area contributed by atoms with E-state index in [1.165, 1.54) is 0 Å². The molecule has 0 heterocycles. The Labute approximate surface area is 132 Å². The van der Waals surface area contributed by atoms with Gasteiger partial charge in [-0.2, -0.15) is 0 Å². The van der Waals surface area contributed by atoms with E-state index in [-0.39, 0.29) is 0 Å². The fraction of sp³-hybridized carbons (Fsp3) is 0.588. The molecule has 0 bridgehead atoms. The summed E-state index contributed by atoms with van der Waals surface area (Å²) in [5, 5.41) is 10.2. The van der Waals surface area contributed by atoms with Gasteiger partial charge in [0.1, 0.15) is 6.04 Å². The van der Waals surface area contributed by atoms with Gasteiger partial charge in [0.05, 0.1) is 0 Å². The fourth-order valence-electron chi connectivity index (χ4n) is 2.33. The predicted octanol–water partition coefficient (Wildman–Crippen LogP) is 4.09. The van der Waals surface area contributed by atoms with Gasteiger partial charge in [-0.05, 0) is 43.9 Å². The van der Waals surface area contributed by atoms with Crippen molar-refractivity contribution in [3.05, 3.63) is 34.9 Å². The Morgan fingerprint density at radius 1 is 1.33 bits per heavy atom. The predicted molar refractivity (Wildman–Crippen MR) is 87.9 cm³/mol. The molecule has 0 radical (unpaired) electrons. The number of hydrogen-bond donors (Lipinski definition) is 1. The lowest BCUT2D eigenvalue weighted by molar-refractivity contribution is -0.143. The average molecular weight is 312 g/mol. The Morgan fingerprint density at radius 2 is 2.00 bits per heavy atom. The Hall–Kier alpha value is -1.06. The van der Waals surface area contributed by atoms with Gasteiger partial charge in [-0.1, -0.05) is 50.1 Å². The lowest BCUT2D eigenvalue weighted by atomic mass is 9.98. The third-order valence-corrected chi connectivity index (χ3v) is 4.51. The molecule has 0 fully saturated rings. The fourth-order valence-corrected chi connectivity index (χ4v) is 2.56. The van der Waals surface area contributed by atoms with E-state index in [9.17, 15) is 9.90 Å². The second-order valence-electron chi connectivity index (χ2n) is 5.77. The zero-order valence-corrected chi connectivity index (χ0v) is 13.9. The number of benzene rings is 1. The molecule has 21 heavy (non-hydrogen) atoms. The van der Waals surface area contributed by atoms with Crippen LogP contribution in [0.2, 0.25) is 5.02 Å². The molecule has 1 N–H and O–H groups in total. The van der Waals surface area contributed by atoms with Gasteiger partial charge in [-0.15, -0.1) is 0 Å². The van der Waals surface area contributed by atoms with Crippen molar-refractivity contribution in [3.63, 3.8) is 0 Å². The molecular weight excluding hydrogens is 286 g/mol. The third kappa shape index (κ3) is 6.06. The second-order valence-corrected chi connectivity index (χ2v) is 6.17. The minimum Gasteiger partial charge on any atom is -0.480 e. The van der Waals surface area contributed by atoms with Crippen molar-refractivity contribution in [3.8, 4) is 0 Å². The highest BCUT2D eigenvalue weighted by molar-refractivity contribution is 6.31. The molecule has 4 heteroatoms. The lowest BCUT2D eigenvalue weighted by Crippen LogP contribution is -2.39. The van der Waals surface area contributed by atoms with Crippen LogP contribution in [0, 0.1) is 5.92 Å². The summed E-state index contributed by atoms with van der Waals surface area (Å²) in [6.07, 6.45) is 3.51. The summed E-state index contributed by atoms with van der Waals surface area (Å²) in [5.74, 6) is -0.163. The number of carboxylic acids is 1. The van der Waals surface area contributed by atoms with Crippen LogP contribution in [0.1, 0.15) is 38.7 Å². The van der Waals surface area contributed by atoms with Crippen molar-refractivity contribution in [1.82, 2.24) is 4.90 Å². The van der Waals surface area contributed by atoms with Crippen molar-refractivity contribution < 1.29 is 9.90 Å². The summed E-state index contributed by atoms with van der Waals surface area (Å²) in [6, 6.07) is 7.31. The highest BCUT2D eigenvalue weighted by atomic mass is 35.5. The average Bonchev–Trinajstić information content (AvgIpc) is 2.45. The molecule has 1 rings (SSSR count). The molecule has 1 aromatic rings. The van der Waals surface area contributed by atoms with Gasteiger partial charge in [0.2, 0.25) is 0 Å². The van der Waals surface area contributed by atoms with E-state index in [2.05, 4.69) is 13.8 Å². The Kier molecular flexibility index (Phi) is 7.76. The smallest absolute Gasteiger partial charge is 0.320 e. The van der Waals surface area contributed by atoms with Crippen LogP contribution in [-0.2, 0) is 11.2 Å². The molecule has 2 unspecified atom stereocenters. The van der Waals surface area contributed by atoms with Crippen molar-refractivity contribution in [2.75, 3.05) is 13.6 Å². The van der Waals surface area contributed by atoms with Gasteiger partial charge in [0.25, 0.3) is 0 Å². The molecule has 0 aromatic heterocycles. The molecule has 2 atom stereocenters. The highest BCUT2D eigenvalue weighted by Gasteiger charge is 2.22. The number of carboxylic acid groups (broad SMARTS) is 1. The zero-order valence-electron chi connectivity index (χ0n) is 13.2. The van der Waals surface area contributed by atoms with E-state index >= 15 is 0 Å². The summed E-state index contributed by atoms with van der Waals surface area (Å²) in [6.45, 7) is 5.01. The first-order chi connectivity index (χ1) is 9.95. The van der Waals surface area contributed by atoms with Gasteiger partial charge in [-0.3, -0.25) is 9.69 Å². The van der Waals surface area contributed by atoms with E-state index in [4.69, 9.17) is 11.6 Å². The van der Waals surface area contributed by atoms with E-state index < -0.39 is 12.0 Å². The van der Waals surface area contributed by atoms with Crippen LogP contribution in [0.4, 0.5) is 0 Å². The van der Waals surface area contributed by atoms with Gasteiger partial charge in [0.15, 0.2) is 0 Å². The molecule has 0 aliphatic rings. The van der Waals surface area contributed by atoms with Crippen molar-refractivity contribution >= 4 is 17.6 Å². The number of aliphatic carboxylic acids is 1. The quantitative estimate of drug-likeness (QED) is 0.746. The SMILES string of the molecule is CCC(C)CCC(C(=O)O)N(C)CCc1ccccc1Cl. The molecule has 0 aliphatic carbocycles. The van der Waals surface area contributed by atoms with Crippen LogP contribution in [0.5, 0.6) is 0 Å². The summed E-state index contributed by atoms with van der Waals surface area (Å²) >= 11 is 6.14. The molecule has 118 valence electrons. The van der Waals surface area contributed by atoms with Gasteiger partial charge in [0, 0.05) is 11.6 Å². The van der Waals surface area contributed by atoms with Crippen LogP contribution in [0.25, 0.3) is 0 Å². The summed E-state index contributed by atoms with van der Waals surface area (Å²) in [4.78, 5) is 13.4. The summed E-state index contributed by atoms with van der Waals surface area (Å²) < 4.78 is 0. The molecular formula is C17H26ClNO2. The largest absolute Gasteiger partial charge is 0.480 e. The van der Waals surface area contributed by atoms with Crippen LogP contribution in [0.15, 0.2) is 24.3 Å². The molecule has 0 saturated heterocycles. The number of carbonyl (C=O) groups is 1. The van der Waals surface area contributed by atoms with Crippen LogP contribution in [-0.4, -0.2) is 35.6 Å². The minimum atomic E-state index is -0.736. The first-order valence-electron chi connectivity index (χ1n) is 7.62. The standard InChI is InChI=1S/C17H26ClNO2/c1-4-13(2)9-10-16(17(20)21)19(3)12-11-14-7-5-6-8-15(14)18/h5-8,13,16H,4,9-12H2,1-3H3,(H,20,21). The molecule has 0 amide bonds. The van der Waals surface area contributed by atoms with E-state index in [0.717, 1.165) is 29.8 Å². The number of hydrogen-bond acceptors (Lipinski definition) is 2. The normalized spacial score (nSPS) is 14.1. The maximum absolute atomic E-state index is 11.5. The van der Waals surface area contributed by atoms with Gasteiger partial charge in [-0.25, -0.2) is 0 Å². The maximum atomic E-state index is 11.5. The van der Waals surface area contributed by atoms with Crippen molar-refractivity contribution in [1.29, 1.82) is 0 Å². The number of likely N-dealkylation sites (N-methyl/N-ethyl adjacent to an activating group) is 1.